The highest BCUT2D eigenvalue weighted by Gasteiger charge is 2.30. The highest BCUT2D eigenvalue weighted by molar-refractivity contribution is 4.87. The summed E-state index contributed by atoms with van der Waals surface area (Å²) in [7, 11) is 1.71. The fraction of sp³-hybridized carbons (Fsp3) is 1.00. The van der Waals surface area contributed by atoms with Crippen molar-refractivity contribution in [3.8, 4) is 0 Å². The van der Waals surface area contributed by atoms with Crippen LogP contribution in [-0.4, -0.2) is 37.0 Å². The first-order chi connectivity index (χ1) is 6.02. The summed E-state index contributed by atoms with van der Waals surface area (Å²) in [5.41, 5.74) is 5.37. The molecular formula is C9H20F2N2. The van der Waals surface area contributed by atoms with Crippen LogP contribution in [0.4, 0.5) is 8.78 Å². The van der Waals surface area contributed by atoms with Gasteiger partial charge in [-0.15, -0.1) is 0 Å². The van der Waals surface area contributed by atoms with Crippen LogP contribution in [0.1, 0.15) is 26.7 Å². The van der Waals surface area contributed by atoms with Crippen molar-refractivity contribution < 1.29 is 8.78 Å². The molecule has 0 aliphatic carbocycles. The summed E-state index contributed by atoms with van der Waals surface area (Å²) in [6, 6.07) is 0. The van der Waals surface area contributed by atoms with Gasteiger partial charge in [-0.1, -0.05) is 13.8 Å². The summed E-state index contributed by atoms with van der Waals surface area (Å²) in [4.78, 5) is 1.68. The van der Waals surface area contributed by atoms with E-state index in [1.165, 1.54) is 0 Å². The highest BCUT2D eigenvalue weighted by atomic mass is 19.3. The molecule has 0 saturated carbocycles. The zero-order chi connectivity index (χ0) is 10.5. The lowest BCUT2D eigenvalue weighted by Gasteiger charge is -2.39. The molecule has 0 spiro atoms. The number of nitrogens with zero attached hydrogens (tertiary/aromatic N) is 1. The molecule has 0 atom stereocenters. The third-order valence-electron chi connectivity index (χ3n) is 2.92. The first-order valence-corrected chi connectivity index (χ1v) is 4.71. The Morgan fingerprint density at radius 3 is 2.00 bits per heavy atom. The molecule has 0 bridgehead atoms. The molecule has 0 aliphatic rings. The van der Waals surface area contributed by atoms with E-state index in [1.54, 1.807) is 11.9 Å². The SMILES string of the molecule is CCC(CC)(CN)N(C)CC(F)F. The van der Waals surface area contributed by atoms with Crippen LogP contribution in [0.3, 0.4) is 0 Å². The number of hydrogen-bond acceptors (Lipinski definition) is 2. The minimum Gasteiger partial charge on any atom is -0.329 e. The summed E-state index contributed by atoms with van der Waals surface area (Å²) in [5.74, 6) is 0. The van der Waals surface area contributed by atoms with Gasteiger partial charge in [-0.25, -0.2) is 8.78 Å². The first-order valence-electron chi connectivity index (χ1n) is 4.71. The third kappa shape index (κ3) is 3.19. The lowest BCUT2D eigenvalue weighted by molar-refractivity contribution is 0.0360. The Morgan fingerprint density at radius 2 is 1.77 bits per heavy atom. The molecule has 0 aromatic carbocycles. The van der Waals surface area contributed by atoms with Crippen molar-refractivity contribution in [3.63, 3.8) is 0 Å². The van der Waals surface area contributed by atoms with E-state index in [1.807, 2.05) is 13.8 Å². The molecule has 0 aliphatic heterocycles. The van der Waals surface area contributed by atoms with Gasteiger partial charge in [-0.2, -0.15) is 0 Å². The maximum Gasteiger partial charge on any atom is 0.251 e. The van der Waals surface area contributed by atoms with Crippen molar-refractivity contribution in [2.24, 2.45) is 5.73 Å². The van der Waals surface area contributed by atoms with E-state index in [-0.39, 0.29) is 12.1 Å². The molecule has 2 N–H and O–H groups in total. The predicted molar refractivity (Wildman–Crippen MR) is 51.0 cm³/mol. The minimum atomic E-state index is -2.28. The fourth-order valence-corrected chi connectivity index (χ4v) is 1.64. The smallest absolute Gasteiger partial charge is 0.251 e. The molecular weight excluding hydrogens is 174 g/mol. The van der Waals surface area contributed by atoms with E-state index in [2.05, 4.69) is 0 Å². The average Bonchev–Trinajstić information content (AvgIpc) is 2.07. The molecule has 0 amide bonds. The fourth-order valence-electron chi connectivity index (χ4n) is 1.64. The maximum atomic E-state index is 12.1. The molecule has 0 aromatic heterocycles. The van der Waals surface area contributed by atoms with Gasteiger partial charge in [-0.3, -0.25) is 4.90 Å². The summed E-state index contributed by atoms with van der Waals surface area (Å²) in [6.07, 6.45) is -0.666. The predicted octanol–water partition coefficient (Wildman–Crippen LogP) is 1.70. The van der Waals surface area contributed by atoms with Crippen LogP contribution in [0.15, 0.2) is 0 Å². The number of likely N-dealkylation sites (N-methyl/N-ethyl adjacent to an activating group) is 1. The van der Waals surface area contributed by atoms with Crippen LogP contribution in [-0.2, 0) is 0 Å². The second-order valence-electron chi connectivity index (χ2n) is 3.41. The van der Waals surface area contributed by atoms with E-state index in [4.69, 9.17) is 5.73 Å². The molecule has 0 fully saturated rings. The molecule has 0 rings (SSSR count). The summed E-state index contributed by atoms with van der Waals surface area (Å²) in [6.45, 7) is 4.21. The number of nitrogens with two attached hydrogens (primary N) is 1. The van der Waals surface area contributed by atoms with E-state index in [0.29, 0.717) is 6.54 Å². The molecule has 13 heavy (non-hydrogen) atoms. The van der Waals surface area contributed by atoms with Crippen LogP contribution in [0.5, 0.6) is 0 Å². The Balaban J connectivity index is 4.34. The zero-order valence-electron chi connectivity index (χ0n) is 8.69. The molecule has 2 nitrogen and oxygen atoms in total. The van der Waals surface area contributed by atoms with E-state index >= 15 is 0 Å². The maximum absolute atomic E-state index is 12.1. The van der Waals surface area contributed by atoms with Crippen molar-refractivity contribution in [2.45, 2.75) is 38.7 Å². The van der Waals surface area contributed by atoms with Crippen LogP contribution < -0.4 is 5.73 Å². The normalized spacial score (nSPS) is 12.9. The second-order valence-corrected chi connectivity index (χ2v) is 3.41. The number of hydrogen-bond donors (Lipinski definition) is 1. The Kier molecular flexibility index (Phi) is 5.40. The Hall–Kier alpha value is -0.220. The Labute approximate surface area is 79.1 Å². The van der Waals surface area contributed by atoms with Crippen LogP contribution in [0.25, 0.3) is 0 Å². The second kappa shape index (κ2) is 5.50. The highest BCUT2D eigenvalue weighted by Crippen LogP contribution is 2.21. The molecule has 0 aromatic rings. The molecule has 0 saturated heterocycles. The number of halogens is 2. The van der Waals surface area contributed by atoms with Crippen molar-refractivity contribution in [2.75, 3.05) is 20.1 Å². The van der Waals surface area contributed by atoms with Crippen molar-refractivity contribution in [3.05, 3.63) is 0 Å². The number of alkyl halides is 2. The Bertz CT molecular complexity index is 127. The zero-order valence-corrected chi connectivity index (χ0v) is 8.69. The standard InChI is InChI=1S/C9H20F2N2/c1-4-9(5-2,7-12)13(3)6-8(10)11/h8H,4-7,12H2,1-3H3. The van der Waals surface area contributed by atoms with Gasteiger partial charge in [0.2, 0.25) is 0 Å². The molecule has 0 unspecified atom stereocenters. The van der Waals surface area contributed by atoms with Crippen molar-refractivity contribution in [1.82, 2.24) is 4.90 Å². The van der Waals surface area contributed by atoms with Crippen molar-refractivity contribution >= 4 is 0 Å². The van der Waals surface area contributed by atoms with Gasteiger partial charge in [0, 0.05) is 12.1 Å². The molecule has 4 heteroatoms. The van der Waals surface area contributed by atoms with Crippen LogP contribution >= 0.6 is 0 Å². The third-order valence-corrected chi connectivity index (χ3v) is 2.92. The van der Waals surface area contributed by atoms with Gasteiger partial charge in [0.25, 0.3) is 6.43 Å². The van der Waals surface area contributed by atoms with E-state index < -0.39 is 6.43 Å². The quantitative estimate of drug-likeness (QED) is 0.697. The largest absolute Gasteiger partial charge is 0.329 e. The van der Waals surface area contributed by atoms with Gasteiger partial charge in [-0.05, 0) is 19.9 Å². The summed E-state index contributed by atoms with van der Waals surface area (Å²) in [5, 5.41) is 0. The summed E-state index contributed by atoms with van der Waals surface area (Å²) >= 11 is 0. The Morgan fingerprint density at radius 1 is 1.31 bits per heavy atom. The number of rotatable bonds is 6. The van der Waals surface area contributed by atoms with Gasteiger partial charge in [0.15, 0.2) is 0 Å². The lowest BCUT2D eigenvalue weighted by Crippen LogP contribution is -2.52. The minimum absolute atomic E-state index is 0.196. The monoisotopic (exact) mass is 194 g/mol. The summed E-state index contributed by atoms with van der Waals surface area (Å²) < 4.78 is 24.3. The average molecular weight is 194 g/mol. The van der Waals surface area contributed by atoms with Crippen LogP contribution in [0, 0.1) is 0 Å². The van der Waals surface area contributed by atoms with Gasteiger partial charge >= 0.3 is 0 Å². The lowest BCUT2D eigenvalue weighted by atomic mass is 9.91. The molecule has 0 radical (unpaired) electrons. The van der Waals surface area contributed by atoms with Gasteiger partial charge in [0.05, 0.1) is 6.54 Å². The van der Waals surface area contributed by atoms with Crippen LogP contribution in [0.2, 0.25) is 0 Å². The van der Waals surface area contributed by atoms with Gasteiger partial charge in [0.1, 0.15) is 0 Å². The molecule has 0 heterocycles. The van der Waals surface area contributed by atoms with Gasteiger partial charge < -0.3 is 5.73 Å². The topological polar surface area (TPSA) is 29.3 Å². The van der Waals surface area contributed by atoms with E-state index in [9.17, 15) is 8.78 Å². The molecule has 80 valence electrons. The first kappa shape index (κ1) is 12.8. The van der Waals surface area contributed by atoms with Crippen molar-refractivity contribution in [1.29, 1.82) is 0 Å². The van der Waals surface area contributed by atoms with E-state index in [0.717, 1.165) is 12.8 Å².